The first-order valence-corrected chi connectivity index (χ1v) is 5.88. The molecule has 0 saturated heterocycles. The molecular weight excluding hydrogens is 238 g/mol. The summed E-state index contributed by atoms with van der Waals surface area (Å²) in [6.07, 6.45) is 5.84. The summed E-state index contributed by atoms with van der Waals surface area (Å²) >= 11 is 6.20. The van der Waals surface area contributed by atoms with E-state index in [1.807, 2.05) is 24.7 Å². The fraction of sp³-hybridized carbons (Fsp3) is 0.333. The highest BCUT2D eigenvalue weighted by Gasteiger charge is 2.25. The standard InChI is InChI=1S/C12H12ClN3O/c1-17-11-5-3-9(12(13)15-11)10-4-2-8-6-14-7-16(8)10/h3,5-7,10H,2,4H2,1H3. The minimum Gasteiger partial charge on any atom is -0.481 e. The van der Waals surface area contributed by atoms with E-state index in [0.717, 1.165) is 18.4 Å². The molecule has 4 nitrogen and oxygen atoms in total. The van der Waals surface area contributed by atoms with Gasteiger partial charge >= 0.3 is 0 Å². The summed E-state index contributed by atoms with van der Waals surface area (Å²) in [6, 6.07) is 4.07. The van der Waals surface area contributed by atoms with Gasteiger partial charge in [0.05, 0.1) is 19.5 Å². The lowest BCUT2D eigenvalue weighted by Gasteiger charge is -2.14. The number of methoxy groups -OCH3 is 1. The van der Waals surface area contributed by atoms with Crippen LogP contribution in [-0.2, 0) is 6.42 Å². The summed E-state index contributed by atoms with van der Waals surface area (Å²) in [5, 5.41) is 0.510. The lowest BCUT2D eigenvalue weighted by atomic mass is 10.1. The number of imidazole rings is 1. The molecule has 0 fully saturated rings. The Kier molecular flexibility index (Phi) is 2.52. The second kappa shape index (κ2) is 4.04. The van der Waals surface area contributed by atoms with Crippen LogP contribution in [0.2, 0.25) is 5.15 Å². The molecule has 2 aromatic heterocycles. The zero-order chi connectivity index (χ0) is 11.8. The van der Waals surface area contributed by atoms with Crippen LogP contribution in [0.15, 0.2) is 24.7 Å². The number of aryl methyl sites for hydroxylation is 1. The average Bonchev–Trinajstić information content (AvgIpc) is 2.91. The summed E-state index contributed by atoms with van der Waals surface area (Å²) in [6.45, 7) is 0. The van der Waals surface area contributed by atoms with E-state index >= 15 is 0 Å². The Morgan fingerprint density at radius 1 is 1.47 bits per heavy atom. The predicted molar refractivity (Wildman–Crippen MR) is 64.5 cm³/mol. The van der Waals surface area contributed by atoms with Gasteiger partial charge in [-0.1, -0.05) is 11.6 Å². The normalized spacial score (nSPS) is 18.1. The molecule has 1 aliphatic heterocycles. The van der Waals surface area contributed by atoms with E-state index in [4.69, 9.17) is 16.3 Å². The number of hydrogen-bond acceptors (Lipinski definition) is 3. The molecule has 0 radical (unpaired) electrons. The van der Waals surface area contributed by atoms with E-state index in [-0.39, 0.29) is 6.04 Å². The topological polar surface area (TPSA) is 39.9 Å². The molecule has 1 unspecified atom stereocenters. The lowest BCUT2D eigenvalue weighted by Crippen LogP contribution is -2.06. The Morgan fingerprint density at radius 3 is 3.12 bits per heavy atom. The van der Waals surface area contributed by atoms with Crippen LogP contribution in [0.1, 0.15) is 23.7 Å². The number of aromatic nitrogens is 3. The highest BCUT2D eigenvalue weighted by molar-refractivity contribution is 6.30. The predicted octanol–water partition coefficient (Wildman–Crippen LogP) is 2.48. The molecular formula is C12H12ClN3O. The van der Waals surface area contributed by atoms with Crippen molar-refractivity contribution in [2.45, 2.75) is 18.9 Å². The SMILES string of the molecule is COc1ccc(C2CCc3cncn32)c(Cl)n1. The van der Waals surface area contributed by atoms with Gasteiger partial charge in [-0.15, -0.1) is 0 Å². The molecule has 3 rings (SSSR count). The highest BCUT2D eigenvalue weighted by Crippen LogP contribution is 2.35. The average molecular weight is 250 g/mol. The summed E-state index contributed by atoms with van der Waals surface area (Å²) < 4.78 is 7.21. The quantitative estimate of drug-likeness (QED) is 0.768. The number of pyridine rings is 1. The van der Waals surface area contributed by atoms with E-state index in [0.29, 0.717) is 11.0 Å². The van der Waals surface area contributed by atoms with Crippen molar-refractivity contribution in [2.75, 3.05) is 7.11 Å². The number of fused-ring (bicyclic) bond motifs is 1. The summed E-state index contributed by atoms with van der Waals surface area (Å²) in [7, 11) is 1.59. The van der Waals surface area contributed by atoms with Crippen LogP contribution in [-0.4, -0.2) is 21.6 Å². The van der Waals surface area contributed by atoms with Gasteiger partial charge in [0, 0.05) is 23.5 Å². The van der Waals surface area contributed by atoms with Gasteiger partial charge in [-0.05, 0) is 18.9 Å². The van der Waals surface area contributed by atoms with E-state index < -0.39 is 0 Å². The van der Waals surface area contributed by atoms with Gasteiger partial charge < -0.3 is 9.30 Å². The number of halogens is 1. The van der Waals surface area contributed by atoms with E-state index in [9.17, 15) is 0 Å². The third kappa shape index (κ3) is 1.69. The Hall–Kier alpha value is -1.55. The minimum atomic E-state index is 0.249. The van der Waals surface area contributed by atoms with Crippen molar-refractivity contribution >= 4 is 11.6 Å². The zero-order valence-electron chi connectivity index (χ0n) is 9.43. The Morgan fingerprint density at radius 2 is 2.35 bits per heavy atom. The molecule has 0 bridgehead atoms. The molecule has 5 heteroatoms. The van der Waals surface area contributed by atoms with Gasteiger partial charge in [0.15, 0.2) is 0 Å². The molecule has 17 heavy (non-hydrogen) atoms. The van der Waals surface area contributed by atoms with Crippen molar-refractivity contribution in [2.24, 2.45) is 0 Å². The van der Waals surface area contributed by atoms with Gasteiger partial charge in [-0.3, -0.25) is 0 Å². The number of hydrogen-bond donors (Lipinski definition) is 0. The molecule has 0 N–H and O–H groups in total. The number of rotatable bonds is 2. The first-order valence-electron chi connectivity index (χ1n) is 5.50. The highest BCUT2D eigenvalue weighted by atomic mass is 35.5. The first-order chi connectivity index (χ1) is 8.29. The minimum absolute atomic E-state index is 0.249. The molecule has 0 saturated carbocycles. The van der Waals surface area contributed by atoms with Crippen LogP contribution in [0.5, 0.6) is 5.88 Å². The molecule has 3 heterocycles. The molecule has 0 aromatic carbocycles. The molecule has 0 spiro atoms. The van der Waals surface area contributed by atoms with E-state index in [1.165, 1.54) is 5.69 Å². The maximum atomic E-state index is 6.20. The molecule has 1 aliphatic rings. The monoisotopic (exact) mass is 249 g/mol. The van der Waals surface area contributed by atoms with Crippen molar-refractivity contribution in [1.29, 1.82) is 0 Å². The van der Waals surface area contributed by atoms with Crippen LogP contribution in [0.3, 0.4) is 0 Å². The fourth-order valence-corrected chi connectivity index (χ4v) is 2.60. The largest absolute Gasteiger partial charge is 0.481 e. The molecule has 88 valence electrons. The van der Waals surface area contributed by atoms with Crippen molar-refractivity contribution in [1.82, 2.24) is 14.5 Å². The summed E-state index contributed by atoms with van der Waals surface area (Å²) in [5.41, 5.74) is 2.28. The first kappa shape index (κ1) is 10.6. The van der Waals surface area contributed by atoms with Crippen molar-refractivity contribution in [3.05, 3.63) is 41.1 Å². The van der Waals surface area contributed by atoms with Crippen molar-refractivity contribution in [3.63, 3.8) is 0 Å². The van der Waals surface area contributed by atoms with Gasteiger partial charge in [-0.25, -0.2) is 9.97 Å². The number of ether oxygens (including phenoxy) is 1. The van der Waals surface area contributed by atoms with Gasteiger partial charge in [0.2, 0.25) is 5.88 Å². The zero-order valence-corrected chi connectivity index (χ0v) is 10.2. The second-order valence-corrected chi connectivity index (χ2v) is 4.44. The van der Waals surface area contributed by atoms with Crippen LogP contribution in [0.25, 0.3) is 0 Å². The summed E-state index contributed by atoms with van der Waals surface area (Å²) in [5.74, 6) is 0.544. The van der Waals surface area contributed by atoms with Crippen molar-refractivity contribution < 1.29 is 4.74 Å². The third-order valence-electron chi connectivity index (χ3n) is 3.18. The Bertz CT molecular complexity index is 552. The maximum Gasteiger partial charge on any atom is 0.214 e. The molecule has 0 aliphatic carbocycles. The molecule has 0 amide bonds. The Balaban J connectivity index is 2.01. The van der Waals surface area contributed by atoms with Gasteiger partial charge in [0.1, 0.15) is 5.15 Å². The van der Waals surface area contributed by atoms with Crippen molar-refractivity contribution in [3.8, 4) is 5.88 Å². The molecule has 2 aromatic rings. The van der Waals surface area contributed by atoms with E-state index in [1.54, 1.807) is 7.11 Å². The second-order valence-electron chi connectivity index (χ2n) is 4.08. The van der Waals surface area contributed by atoms with Gasteiger partial charge in [-0.2, -0.15) is 0 Å². The fourth-order valence-electron chi connectivity index (χ4n) is 2.33. The maximum absolute atomic E-state index is 6.20. The smallest absolute Gasteiger partial charge is 0.214 e. The number of nitrogens with zero attached hydrogens (tertiary/aromatic N) is 3. The summed E-state index contributed by atoms with van der Waals surface area (Å²) in [4.78, 5) is 8.36. The molecule has 1 atom stereocenters. The Labute approximate surface area is 104 Å². The van der Waals surface area contributed by atoms with Gasteiger partial charge in [0.25, 0.3) is 0 Å². The van der Waals surface area contributed by atoms with Crippen LogP contribution in [0.4, 0.5) is 0 Å². The van der Waals surface area contributed by atoms with E-state index in [2.05, 4.69) is 14.5 Å². The third-order valence-corrected chi connectivity index (χ3v) is 3.48. The van der Waals surface area contributed by atoms with Crippen LogP contribution >= 0.6 is 11.6 Å². The van der Waals surface area contributed by atoms with Crippen LogP contribution in [0, 0.1) is 0 Å². The lowest BCUT2D eigenvalue weighted by molar-refractivity contribution is 0.397. The van der Waals surface area contributed by atoms with Crippen LogP contribution < -0.4 is 4.74 Å².